The van der Waals surface area contributed by atoms with Gasteiger partial charge in [0, 0.05) is 19.9 Å². The number of nitrogens with two attached hydrogens (primary N) is 1. The maximum absolute atomic E-state index is 13.1. The molecular formula is C10H14FN3O2. The van der Waals surface area contributed by atoms with E-state index in [9.17, 15) is 9.18 Å². The van der Waals surface area contributed by atoms with Crippen LogP contribution in [-0.4, -0.2) is 30.6 Å². The van der Waals surface area contributed by atoms with Crippen molar-refractivity contribution in [2.75, 3.05) is 19.0 Å². The summed E-state index contributed by atoms with van der Waals surface area (Å²) in [5.74, 6) is -0.917. The quantitative estimate of drug-likeness (QED) is 0.769. The highest BCUT2D eigenvalue weighted by Gasteiger charge is 2.12. The van der Waals surface area contributed by atoms with E-state index in [1.54, 1.807) is 0 Å². The maximum atomic E-state index is 13.1. The first-order valence-electron chi connectivity index (χ1n) is 4.79. The predicted molar refractivity (Wildman–Crippen MR) is 57.3 cm³/mol. The van der Waals surface area contributed by atoms with Gasteiger partial charge in [0.2, 0.25) is 5.91 Å². The van der Waals surface area contributed by atoms with Gasteiger partial charge in [-0.1, -0.05) is 0 Å². The highest BCUT2D eigenvalue weighted by atomic mass is 19.1. The van der Waals surface area contributed by atoms with Crippen LogP contribution >= 0.6 is 0 Å². The monoisotopic (exact) mass is 227 g/mol. The molecule has 1 rings (SSSR count). The molecule has 1 amide bonds. The Morgan fingerprint density at radius 3 is 3.06 bits per heavy atom. The number of aromatic nitrogens is 1. The molecule has 0 saturated heterocycles. The Morgan fingerprint density at radius 2 is 2.50 bits per heavy atom. The molecule has 3 N–H and O–H groups in total. The molecule has 5 nitrogen and oxygen atoms in total. The summed E-state index contributed by atoms with van der Waals surface area (Å²) in [5, 5.41) is 2.42. The minimum Gasteiger partial charge on any atom is -0.380 e. The molecule has 0 fully saturated rings. The zero-order chi connectivity index (χ0) is 12.0. The molecule has 1 heterocycles. The van der Waals surface area contributed by atoms with E-state index >= 15 is 0 Å². The number of methoxy groups -OCH3 is 1. The van der Waals surface area contributed by atoms with Crippen LogP contribution in [0.4, 0.5) is 10.1 Å². The normalized spacial score (nSPS) is 12.2. The molecular weight excluding hydrogens is 213 g/mol. The van der Waals surface area contributed by atoms with E-state index in [1.807, 2.05) is 0 Å². The van der Waals surface area contributed by atoms with Crippen LogP contribution in [0.2, 0.25) is 0 Å². The molecule has 0 aliphatic heterocycles. The van der Waals surface area contributed by atoms with Crippen LogP contribution in [-0.2, 0) is 9.53 Å². The van der Waals surface area contributed by atoms with Crippen LogP contribution in [0.25, 0.3) is 0 Å². The van der Waals surface area contributed by atoms with Crippen molar-refractivity contribution < 1.29 is 13.9 Å². The summed E-state index contributed by atoms with van der Waals surface area (Å²) in [5.41, 5.74) is 5.47. The summed E-state index contributed by atoms with van der Waals surface area (Å²) in [6, 6.07) is 1.39. The molecule has 88 valence electrons. The number of hydrogen-bond acceptors (Lipinski definition) is 4. The van der Waals surface area contributed by atoms with E-state index in [-0.39, 0.29) is 30.7 Å². The number of pyridine rings is 1. The van der Waals surface area contributed by atoms with Crippen molar-refractivity contribution in [1.82, 2.24) is 4.98 Å². The van der Waals surface area contributed by atoms with Gasteiger partial charge in [0.05, 0.1) is 24.4 Å². The molecule has 1 atom stereocenters. The molecule has 0 aliphatic carbocycles. The highest BCUT2D eigenvalue weighted by molar-refractivity contribution is 5.91. The summed E-state index contributed by atoms with van der Waals surface area (Å²) < 4.78 is 18.1. The number of nitrogens with zero attached hydrogens (tertiary/aromatic N) is 1. The molecule has 0 aliphatic rings. The second-order valence-corrected chi connectivity index (χ2v) is 3.20. The van der Waals surface area contributed by atoms with Crippen molar-refractivity contribution in [2.45, 2.75) is 12.5 Å². The highest BCUT2D eigenvalue weighted by Crippen LogP contribution is 2.11. The Balaban J connectivity index is 2.55. The van der Waals surface area contributed by atoms with E-state index in [0.717, 1.165) is 6.20 Å². The minimum absolute atomic E-state index is 0.0920. The van der Waals surface area contributed by atoms with Gasteiger partial charge in [0.1, 0.15) is 0 Å². The number of carbonyl (C=O) groups is 1. The number of ether oxygens (including phenoxy) is 1. The molecule has 1 unspecified atom stereocenters. The van der Waals surface area contributed by atoms with Crippen molar-refractivity contribution in [3.05, 3.63) is 24.3 Å². The molecule has 16 heavy (non-hydrogen) atoms. The van der Waals surface area contributed by atoms with Crippen LogP contribution in [0, 0.1) is 5.82 Å². The lowest BCUT2D eigenvalue weighted by molar-refractivity contribution is -0.118. The molecule has 1 aromatic rings. The summed E-state index contributed by atoms with van der Waals surface area (Å²) >= 11 is 0. The van der Waals surface area contributed by atoms with Gasteiger partial charge in [-0.2, -0.15) is 0 Å². The average Bonchev–Trinajstić information content (AvgIpc) is 2.29. The van der Waals surface area contributed by atoms with Gasteiger partial charge < -0.3 is 15.8 Å². The lowest BCUT2D eigenvalue weighted by atomic mass is 10.2. The molecule has 0 radical (unpaired) electrons. The van der Waals surface area contributed by atoms with Gasteiger partial charge in [-0.05, 0) is 6.07 Å². The summed E-state index contributed by atoms with van der Waals surface area (Å²) in [6.45, 7) is 0.239. The van der Waals surface area contributed by atoms with Crippen molar-refractivity contribution >= 4 is 11.6 Å². The van der Waals surface area contributed by atoms with Gasteiger partial charge in [-0.3, -0.25) is 9.78 Å². The summed E-state index contributed by atoms with van der Waals surface area (Å²) in [6.07, 6.45) is 2.17. The van der Waals surface area contributed by atoms with E-state index in [4.69, 9.17) is 10.5 Å². The first-order valence-corrected chi connectivity index (χ1v) is 4.79. The second-order valence-electron chi connectivity index (χ2n) is 3.20. The Hall–Kier alpha value is -1.53. The van der Waals surface area contributed by atoms with E-state index in [2.05, 4.69) is 10.3 Å². The SMILES string of the molecule is COC(CN)CC(=O)Nc1ccncc1F. The van der Waals surface area contributed by atoms with Crippen molar-refractivity contribution in [2.24, 2.45) is 5.73 Å². The van der Waals surface area contributed by atoms with E-state index in [1.165, 1.54) is 19.4 Å². The lowest BCUT2D eigenvalue weighted by Crippen LogP contribution is -2.28. The largest absolute Gasteiger partial charge is 0.380 e. The van der Waals surface area contributed by atoms with Crippen molar-refractivity contribution in [1.29, 1.82) is 0 Å². The third kappa shape index (κ3) is 3.56. The standard InChI is InChI=1S/C10H14FN3O2/c1-16-7(5-12)4-10(15)14-9-2-3-13-6-8(9)11/h2-3,6-7H,4-5,12H2,1H3,(H,13,14,15). The number of nitrogens with one attached hydrogen (secondary N) is 1. The topological polar surface area (TPSA) is 77.2 Å². The fraction of sp³-hybridized carbons (Fsp3) is 0.400. The number of halogens is 1. The number of carbonyl (C=O) groups excluding carboxylic acids is 1. The molecule has 6 heteroatoms. The molecule has 0 aromatic carbocycles. The smallest absolute Gasteiger partial charge is 0.227 e. The van der Waals surface area contributed by atoms with Crippen LogP contribution in [0.3, 0.4) is 0 Å². The molecule has 0 bridgehead atoms. The molecule has 1 aromatic heterocycles. The Bertz CT molecular complexity index is 356. The maximum Gasteiger partial charge on any atom is 0.227 e. The Morgan fingerprint density at radius 1 is 1.75 bits per heavy atom. The number of amides is 1. The minimum atomic E-state index is -0.572. The van der Waals surface area contributed by atoms with E-state index in [0.29, 0.717) is 0 Å². The fourth-order valence-electron chi connectivity index (χ4n) is 1.15. The third-order valence-electron chi connectivity index (χ3n) is 2.06. The molecule has 0 saturated carbocycles. The molecule has 0 spiro atoms. The van der Waals surface area contributed by atoms with Crippen LogP contribution in [0.5, 0.6) is 0 Å². The lowest BCUT2D eigenvalue weighted by Gasteiger charge is -2.12. The first kappa shape index (κ1) is 12.5. The van der Waals surface area contributed by atoms with Gasteiger partial charge in [0.25, 0.3) is 0 Å². The second kappa shape index (κ2) is 6.14. The van der Waals surface area contributed by atoms with Gasteiger partial charge in [-0.15, -0.1) is 0 Å². The van der Waals surface area contributed by atoms with Gasteiger partial charge in [0.15, 0.2) is 5.82 Å². The zero-order valence-electron chi connectivity index (χ0n) is 8.94. The number of anilines is 1. The average molecular weight is 227 g/mol. The first-order chi connectivity index (χ1) is 7.67. The zero-order valence-corrected chi connectivity index (χ0v) is 8.94. The van der Waals surface area contributed by atoms with Crippen molar-refractivity contribution in [3.63, 3.8) is 0 Å². The predicted octanol–water partition coefficient (Wildman–Crippen LogP) is 0.523. The van der Waals surface area contributed by atoms with Gasteiger partial charge >= 0.3 is 0 Å². The Labute approximate surface area is 92.8 Å². The fourth-order valence-corrected chi connectivity index (χ4v) is 1.15. The Kier molecular flexibility index (Phi) is 4.81. The number of hydrogen-bond donors (Lipinski definition) is 2. The van der Waals surface area contributed by atoms with Crippen LogP contribution in [0.15, 0.2) is 18.5 Å². The number of rotatable bonds is 5. The van der Waals surface area contributed by atoms with Crippen molar-refractivity contribution in [3.8, 4) is 0 Å². The van der Waals surface area contributed by atoms with Crippen LogP contribution in [0.1, 0.15) is 6.42 Å². The third-order valence-corrected chi connectivity index (χ3v) is 2.06. The summed E-state index contributed by atoms with van der Waals surface area (Å²) in [4.78, 5) is 15.0. The van der Waals surface area contributed by atoms with Gasteiger partial charge in [-0.25, -0.2) is 4.39 Å². The van der Waals surface area contributed by atoms with Crippen LogP contribution < -0.4 is 11.1 Å². The van der Waals surface area contributed by atoms with E-state index < -0.39 is 5.82 Å². The summed E-state index contributed by atoms with van der Waals surface area (Å²) in [7, 11) is 1.47.